The molecule has 4 nitrogen and oxygen atoms in total. The zero-order valence-electron chi connectivity index (χ0n) is 14.2. The first-order chi connectivity index (χ1) is 12.1. The molecular formula is C21H20N2O2. The fourth-order valence-corrected chi connectivity index (χ4v) is 3.62. The molecule has 2 aromatic heterocycles. The van der Waals surface area contributed by atoms with E-state index in [1.165, 1.54) is 30.0 Å². The van der Waals surface area contributed by atoms with Gasteiger partial charge in [0, 0.05) is 17.8 Å². The molecule has 0 atom stereocenters. The van der Waals surface area contributed by atoms with E-state index in [9.17, 15) is 4.79 Å². The predicted octanol–water partition coefficient (Wildman–Crippen LogP) is 4.29. The Labute approximate surface area is 146 Å². The van der Waals surface area contributed by atoms with Crippen LogP contribution in [0.4, 0.5) is 0 Å². The number of rotatable bonds is 3. The fourth-order valence-electron chi connectivity index (χ4n) is 3.62. The third kappa shape index (κ3) is 2.84. The molecule has 0 bridgehead atoms. The molecule has 2 heterocycles. The highest BCUT2D eigenvalue weighted by molar-refractivity contribution is 5.87. The normalized spacial score (nSPS) is 14.1. The van der Waals surface area contributed by atoms with Gasteiger partial charge in [-0.3, -0.25) is 4.40 Å². The molecule has 0 saturated heterocycles. The van der Waals surface area contributed by atoms with Crippen LogP contribution in [-0.4, -0.2) is 20.5 Å². The first kappa shape index (κ1) is 15.6. The zero-order chi connectivity index (χ0) is 17.4. The predicted molar refractivity (Wildman–Crippen MR) is 98.7 cm³/mol. The van der Waals surface area contributed by atoms with Crippen molar-refractivity contribution >= 4 is 17.7 Å². The number of hydrogen-bond donors (Lipinski definition) is 1. The van der Waals surface area contributed by atoms with E-state index >= 15 is 0 Å². The molecule has 0 radical (unpaired) electrons. The van der Waals surface area contributed by atoms with E-state index in [1.54, 1.807) is 6.08 Å². The van der Waals surface area contributed by atoms with Gasteiger partial charge in [-0.25, -0.2) is 9.78 Å². The van der Waals surface area contributed by atoms with Gasteiger partial charge in [0.2, 0.25) is 0 Å². The highest BCUT2D eigenvalue weighted by atomic mass is 16.4. The second-order valence-electron chi connectivity index (χ2n) is 6.59. The number of carboxylic acid groups (broad SMARTS) is 1. The number of pyridine rings is 1. The highest BCUT2D eigenvalue weighted by Crippen LogP contribution is 2.31. The van der Waals surface area contributed by atoms with E-state index in [1.807, 2.05) is 29.7 Å². The molecule has 3 aromatic rings. The lowest BCUT2D eigenvalue weighted by molar-refractivity contribution is -0.131. The first-order valence-corrected chi connectivity index (χ1v) is 8.64. The summed E-state index contributed by atoms with van der Waals surface area (Å²) in [4.78, 5) is 15.8. The number of aromatic nitrogens is 2. The summed E-state index contributed by atoms with van der Waals surface area (Å²) in [5, 5.41) is 9.04. The van der Waals surface area contributed by atoms with Crippen LogP contribution in [0.2, 0.25) is 0 Å². The monoisotopic (exact) mass is 332 g/mol. The van der Waals surface area contributed by atoms with Crippen LogP contribution in [0.3, 0.4) is 0 Å². The van der Waals surface area contributed by atoms with Gasteiger partial charge in [0.25, 0.3) is 0 Å². The van der Waals surface area contributed by atoms with Gasteiger partial charge >= 0.3 is 5.97 Å². The molecule has 0 saturated carbocycles. The van der Waals surface area contributed by atoms with Crippen LogP contribution in [0.25, 0.3) is 23.0 Å². The molecule has 1 N–H and O–H groups in total. The minimum atomic E-state index is -0.959. The lowest BCUT2D eigenvalue weighted by atomic mass is 9.90. The molecule has 25 heavy (non-hydrogen) atoms. The van der Waals surface area contributed by atoms with Crippen molar-refractivity contribution in [1.82, 2.24) is 9.38 Å². The molecule has 0 amide bonds. The van der Waals surface area contributed by atoms with Crippen LogP contribution in [-0.2, 0) is 17.6 Å². The molecule has 0 unspecified atom stereocenters. The maximum Gasteiger partial charge on any atom is 0.328 e. The molecule has 0 fully saturated rings. The molecule has 4 rings (SSSR count). The molecule has 0 aliphatic heterocycles. The van der Waals surface area contributed by atoms with Gasteiger partial charge in [0.15, 0.2) is 0 Å². The summed E-state index contributed by atoms with van der Waals surface area (Å²) in [7, 11) is 0. The summed E-state index contributed by atoms with van der Waals surface area (Å²) < 4.78 is 1.96. The van der Waals surface area contributed by atoms with Crippen LogP contribution < -0.4 is 0 Å². The molecule has 1 aliphatic carbocycles. The fraction of sp³-hybridized carbons (Fsp3) is 0.238. The van der Waals surface area contributed by atoms with Crippen molar-refractivity contribution in [2.24, 2.45) is 0 Å². The van der Waals surface area contributed by atoms with Gasteiger partial charge in [-0.15, -0.1) is 0 Å². The number of hydrogen-bond acceptors (Lipinski definition) is 2. The van der Waals surface area contributed by atoms with Crippen LogP contribution in [0.5, 0.6) is 0 Å². The van der Waals surface area contributed by atoms with Gasteiger partial charge < -0.3 is 5.11 Å². The topological polar surface area (TPSA) is 54.6 Å². The maximum atomic E-state index is 11.0. The van der Waals surface area contributed by atoms with Crippen molar-refractivity contribution in [2.75, 3.05) is 0 Å². The molecule has 4 heteroatoms. The Hall–Kier alpha value is -2.88. The van der Waals surface area contributed by atoms with Crippen LogP contribution in [0.1, 0.15) is 35.2 Å². The Morgan fingerprint density at radius 1 is 1.20 bits per heavy atom. The van der Waals surface area contributed by atoms with Gasteiger partial charge in [0.05, 0.1) is 11.4 Å². The lowest BCUT2D eigenvalue weighted by Crippen LogP contribution is -2.02. The zero-order valence-corrected chi connectivity index (χ0v) is 14.2. The van der Waals surface area contributed by atoms with Crippen LogP contribution >= 0.6 is 0 Å². The Bertz CT molecular complexity index is 999. The van der Waals surface area contributed by atoms with E-state index in [-0.39, 0.29) is 0 Å². The summed E-state index contributed by atoms with van der Waals surface area (Å²) in [6, 6.07) is 10.5. The number of carboxylic acids is 1. The first-order valence-electron chi connectivity index (χ1n) is 8.64. The number of aryl methyl sites for hydroxylation is 3. The van der Waals surface area contributed by atoms with Crippen molar-refractivity contribution in [2.45, 2.75) is 32.6 Å². The van der Waals surface area contributed by atoms with E-state index in [4.69, 9.17) is 10.1 Å². The molecular weight excluding hydrogens is 312 g/mol. The minimum Gasteiger partial charge on any atom is -0.478 e. The Kier molecular flexibility index (Phi) is 3.88. The summed E-state index contributed by atoms with van der Waals surface area (Å²) >= 11 is 0. The molecule has 126 valence electrons. The molecule has 1 aliphatic rings. The van der Waals surface area contributed by atoms with Gasteiger partial charge in [-0.1, -0.05) is 18.2 Å². The number of nitrogens with zero attached hydrogens (tertiary/aromatic N) is 2. The van der Waals surface area contributed by atoms with Crippen molar-refractivity contribution in [3.8, 4) is 11.3 Å². The summed E-state index contributed by atoms with van der Waals surface area (Å²) in [5.41, 5.74) is 7.44. The SMILES string of the molecule is Cc1cccn2c(/C=C/C(=O)O)c(-c3ccc4c(c3)CCCC4)nc12. The quantitative estimate of drug-likeness (QED) is 0.728. The van der Waals surface area contributed by atoms with Crippen LogP contribution in [0, 0.1) is 6.92 Å². The summed E-state index contributed by atoms with van der Waals surface area (Å²) in [6.45, 7) is 2.02. The number of benzene rings is 1. The van der Waals surface area contributed by atoms with Crippen LogP contribution in [0.15, 0.2) is 42.6 Å². The average molecular weight is 332 g/mol. The molecule has 0 spiro atoms. The maximum absolute atomic E-state index is 11.0. The second-order valence-corrected chi connectivity index (χ2v) is 6.59. The van der Waals surface area contributed by atoms with Gasteiger partial charge in [-0.2, -0.15) is 0 Å². The largest absolute Gasteiger partial charge is 0.478 e. The second kappa shape index (κ2) is 6.20. The third-order valence-corrected chi connectivity index (χ3v) is 4.89. The summed E-state index contributed by atoms with van der Waals surface area (Å²) in [6.07, 6.45) is 9.48. The minimum absolute atomic E-state index is 0.803. The Morgan fingerprint density at radius 2 is 2.00 bits per heavy atom. The van der Waals surface area contributed by atoms with E-state index in [2.05, 4.69) is 18.2 Å². The standard InChI is InChI=1S/C21H20N2O2/c1-14-5-4-12-23-18(10-11-19(24)25)20(22-21(14)23)17-9-8-15-6-2-3-7-16(15)13-17/h4-5,8-13H,2-3,6-7H2,1H3,(H,24,25)/b11-10+. The van der Waals surface area contributed by atoms with Gasteiger partial charge in [-0.05, 0) is 67.5 Å². The van der Waals surface area contributed by atoms with Crippen molar-refractivity contribution < 1.29 is 9.90 Å². The van der Waals surface area contributed by atoms with Gasteiger partial charge in [0.1, 0.15) is 5.65 Å². The third-order valence-electron chi connectivity index (χ3n) is 4.89. The smallest absolute Gasteiger partial charge is 0.328 e. The van der Waals surface area contributed by atoms with Crippen molar-refractivity contribution in [3.05, 3.63) is 65.0 Å². The molecule has 1 aromatic carbocycles. The summed E-state index contributed by atoms with van der Waals surface area (Å²) in [5.74, 6) is -0.959. The van der Waals surface area contributed by atoms with E-state index in [0.29, 0.717) is 0 Å². The highest BCUT2D eigenvalue weighted by Gasteiger charge is 2.16. The van der Waals surface area contributed by atoms with E-state index in [0.717, 1.165) is 41.0 Å². The number of fused-ring (bicyclic) bond motifs is 2. The number of imidazole rings is 1. The lowest BCUT2D eigenvalue weighted by Gasteiger charge is -2.16. The van der Waals surface area contributed by atoms with E-state index < -0.39 is 5.97 Å². The Balaban J connectivity index is 1.93. The average Bonchev–Trinajstić information content (AvgIpc) is 2.99. The van der Waals surface area contributed by atoms with Crippen molar-refractivity contribution in [1.29, 1.82) is 0 Å². The number of carbonyl (C=O) groups is 1. The van der Waals surface area contributed by atoms with Crippen molar-refractivity contribution in [3.63, 3.8) is 0 Å². The Morgan fingerprint density at radius 3 is 2.80 bits per heavy atom. The number of aliphatic carboxylic acids is 1.